The van der Waals surface area contributed by atoms with E-state index in [0.717, 1.165) is 20.4 Å². The van der Waals surface area contributed by atoms with Crippen molar-refractivity contribution in [3.8, 4) is 11.5 Å². The Morgan fingerprint density at radius 3 is 2.50 bits per heavy atom. The van der Waals surface area contributed by atoms with Crippen molar-refractivity contribution >= 4 is 45.9 Å². The summed E-state index contributed by atoms with van der Waals surface area (Å²) in [5.41, 5.74) is 2.96. The molecule has 0 aliphatic carbocycles. The topological polar surface area (TPSA) is 78.3 Å². The predicted octanol–water partition coefficient (Wildman–Crippen LogP) is 4.35. The summed E-state index contributed by atoms with van der Waals surface area (Å²) < 4.78 is 14.1. The Morgan fingerprint density at radius 1 is 1.17 bits per heavy atom. The lowest BCUT2D eigenvalue weighted by Gasteiger charge is -2.12. The lowest BCUT2D eigenvalue weighted by molar-refractivity contribution is -0.113. The van der Waals surface area contributed by atoms with E-state index >= 15 is 0 Å². The third-order valence-electron chi connectivity index (χ3n) is 4.45. The first kappa shape index (κ1) is 22.4. The zero-order chi connectivity index (χ0) is 21.7. The fourth-order valence-corrected chi connectivity index (χ4v) is 4.55. The molecule has 0 aliphatic heterocycles. The summed E-state index contributed by atoms with van der Waals surface area (Å²) in [6, 6.07) is 11.5. The highest BCUT2D eigenvalue weighted by molar-refractivity contribution is 14.1. The molecule has 0 unspecified atom stereocenters. The highest BCUT2D eigenvalue weighted by Gasteiger charge is 2.14. The van der Waals surface area contributed by atoms with Gasteiger partial charge in [-0.3, -0.25) is 4.79 Å². The Morgan fingerprint density at radius 2 is 1.83 bits per heavy atom. The van der Waals surface area contributed by atoms with E-state index in [1.54, 1.807) is 7.11 Å². The molecule has 0 bridgehead atoms. The molecule has 2 aromatic carbocycles. The fraction of sp³-hybridized carbons (Fsp3) is 0.286. The lowest BCUT2D eigenvalue weighted by Crippen LogP contribution is -2.16. The monoisotopic (exact) mass is 538 g/mol. The summed E-state index contributed by atoms with van der Waals surface area (Å²) in [6.07, 6.45) is 0. The molecule has 0 fully saturated rings. The quantitative estimate of drug-likeness (QED) is 0.340. The molecule has 1 aromatic heterocycles. The number of halogens is 1. The molecule has 0 radical (unpaired) electrons. The van der Waals surface area contributed by atoms with Crippen molar-refractivity contribution in [3.63, 3.8) is 0 Å². The van der Waals surface area contributed by atoms with Gasteiger partial charge < -0.3 is 19.4 Å². The molecule has 0 spiro atoms. The number of nitrogens with one attached hydrogen (secondary N) is 1. The second-order valence-electron chi connectivity index (χ2n) is 6.65. The van der Waals surface area contributed by atoms with Crippen molar-refractivity contribution in [2.45, 2.75) is 25.6 Å². The molecule has 158 valence electrons. The summed E-state index contributed by atoms with van der Waals surface area (Å²) >= 11 is 3.61. The van der Waals surface area contributed by atoms with Crippen LogP contribution < -0.4 is 14.8 Å². The van der Waals surface area contributed by atoms with Crippen molar-refractivity contribution in [2.75, 3.05) is 18.2 Å². The Kier molecular flexibility index (Phi) is 7.59. The molecule has 30 heavy (non-hydrogen) atoms. The summed E-state index contributed by atoms with van der Waals surface area (Å²) in [4.78, 5) is 12.4. The van der Waals surface area contributed by atoms with Gasteiger partial charge in [0.25, 0.3) is 0 Å². The molecule has 1 amide bonds. The van der Waals surface area contributed by atoms with Crippen LogP contribution in [0.5, 0.6) is 11.5 Å². The molecule has 3 aromatic rings. The molecule has 7 nitrogen and oxygen atoms in total. The smallest absolute Gasteiger partial charge is 0.234 e. The minimum Gasteiger partial charge on any atom is -0.493 e. The van der Waals surface area contributed by atoms with Gasteiger partial charge in [-0.15, -0.1) is 10.2 Å². The number of methoxy groups -OCH3 is 1. The van der Waals surface area contributed by atoms with E-state index in [9.17, 15) is 4.79 Å². The lowest BCUT2D eigenvalue weighted by atomic mass is 10.1. The van der Waals surface area contributed by atoms with Crippen LogP contribution in [0.4, 0.5) is 5.69 Å². The maximum atomic E-state index is 12.4. The van der Waals surface area contributed by atoms with Crippen molar-refractivity contribution in [1.29, 1.82) is 0 Å². The van der Waals surface area contributed by atoms with Crippen molar-refractivity contribution in [3.05, 3.63) is 56.9 Å². The summed E-state index contributed by atoms with van der Waals surface area (Å²) in [5, 5.41) is 12.0. The van der Waals surface area contributed by atoms with Gasteiger partial charge in [-0.25, -0.2) is 0 Å². The van der Waals surface area contributed by atoms with E-state index in [0.29, 0.717) is 22.5 Å². The molecule has 0 saturated heterocycles. The molecule has 0 aliphatic rings. The van der Waals surface area contributed by atoms with Crippen LogP contribution in [0.1, 0.15) is 17.0 Å². The normalized spacial score (nSPS) is 10.7. The van der Waals surface area contributed by atoms with Crippen molar-refractivity contribution in [2.24, 2.45) is 7.05 Å². The van der Waals surface area contributed by atoms with Crippen LogP contribution >= 0.6 is 34.4 Å². The Hall–Kier alpha value is -2.27. The zero-order valence-corrected chi connectivity index (χ0v) is 20.2. The van der Waals surface area contributed by atoms with E-state index in [1.807, 2.05) is 61.9 Å². The van der Waals surface area contributed by atoms with Crippen LogP contribution in [0.15, 0.2) is 41.6 Å². The van der Waals surface area contributed by atoms with Crippen LogP contribution in [0.2, 0.25) is 0 Å². The van der Waals surface area contributed by atoms with Gasteiger partial charge in [0.2, 0.25) is 5.91 Å². The number of rotatable bonds is 8. The first-order valence-corrected chi connectivity index (χ1v) is 11.3. The van der Waals surface area contributed by atoms with Gasteiger partial charge >= 0.3 is 0 Å². The minimum atomic E-state index is -0.0813. The number of ether oxygens (including phenoxy) is 2. The second-order valence-corrected chi connectivity index (χ2v) is 8.84. The number of thioether (sulfide) groups is 1. The Bertz CT molecular complexity index is 1030. The summed E-state index contributed by atoms with van der Waals surface area (Å²) in [5.74, 6) is 2.12. The van der Waals surface area contributed by atoms with Gasteiger partial charge in [-0.1, -0.05) is 23.9 Å². The van der Waals surface area contributed by atoms with Gasteiger partial charge in [-0.2, -0.15) is 0 Å². The van der Waals surface area contributed by atoms with E-state index in [1.165, 1.54) is 11.8 Å². The summed E-state index contributed by atoms with van der Waals surface area (Å²) in [6.45, 7) is 4.24. The molecule has 0 atom stereocenters. The highest BCUT2D eigenvalue weighted by atomic mass is 127. The first-order valence-electron chi connectivity index (χ1n) is 9.22. The van der Waals surface area contributed by atoms with Gasteiger partial charge in [0.15, 0.2) is 22.5 Å². The zero-order valence-electron chi connectivity index (χ0n) is 17.2. The highest BCUT2D eigenvalue weighted by Crippen LogP contribution is 2.27. The number of carbonyl (C=O) groups is 1. The molecule has 1 heterocycles. The Labute approximate surface area is 193 Å². The molecule has 1 N–H and O–H groups in total. The van der Waals surface area contributed by atoms with Crippen LogP contribution in [0.25, 0.3) is 0 Å². The number of amides is 1. The number of benzene rings is 2. The molecule has 9 heteroatoms. The number of hydrogen-bond donors (Lipinski definition) is 1. The first-order chi connectivity index (χ1) is 14.4. The number of aromatic nitrogens is 3. The van der Waals surface area contributed by atoms with E-state index in [-0.39, 0.29) is 18.3 Å². The Balaban J connectivity index is 1.58. The summed E-state index contributed by atoms with van der Waals surface area (Å²) in [7, 11) is 3.46. The third kappa shape index (κ3) is 5.45. The number of nitrogens with zero attached hydrogens (tertiary/aromatic N) is 3. The third-order valence-corrected chi connectivity index (χ3v) is 6.09. The van der Waals surface area contributed by atoms with Gasteiger partial charge in [0.1, 0.15) is 6.61 Å². The fourth-order valence-electron chi connectivity index (χ4n) is 2.89. The van der Waals surface area contributed by atoms with Crippen LogP contribution in [0.3, 0.4) is 0 Å². The van der Waals surface area contributed by atoms with E-state index in [2.05, 4.69) is 38.1 Å². The second kappa shape index (κ2) is 10.2. The van der Waals surface area contributed by atoms with Crippen LogP contribution in [-0.4, -0.2) is 33.5 Å². The van der Waals surface area contributed by atoms with Gasteiger partial charge in [-0.05, 0) is 71.8 Å². The maximum Gasteiger partial charge on any atom is 0.234 e. The largest absolute Gasteiger partial charge is 0.493 e. The van der Waals surface area contributed by atoms with Crippen molar-refractivity contribution < 1.29 is 14.3 Å². The average molecular weight is 538 g/mol. The molecule has 0 saturated carbocycles. The maximum absolute atomic E-state index is 12.4. The predicted molar refractivity (Wildman–Crippen MR) is 126 cm³/mol. The van der Waals surface area contributed by atoms with Gasteiger partial charge in [0, 0.05) is 16.3 Å². The number of para-hydroxylation sites is 2. The van der Waals surface area contributed by atoms with E-state index < -0.39 is 0 Å². The number of carbonyl (C=O) groups excluding carboxylic acids is 1. The SMILES string of the molecule is COc1ccccc1OCc1nnc(SCC(=O)Nc2c(C)cc(I)cc2C)n1C. The van der Waals surface area contributed by atoms with Crippen LogP contribution in [0, 0.1) is 17.4 Å². The number of hydrogen-bond acceptors (Lipinski definition) is 6. The molecular formula is C21H23IN4O3S. The number of anilines is 1. The number of aryl methyl sites for hydroxylation is 2. The van der Waals surface area contributed by atoms with Crippen LogP contribution in [-0.2, 0) is 18.4 Å². The standard InChI is InChI=1S/C21H23IN4O3S/c1-13-9-15(22)10-14(2)20(13)23-19(27)12-30-21-25-24-18(26(21)3)11-29-17-8-6-5-7-16(17)28-4/h5-10H,11-12H2,1-4H3,(H,23,27). The molecule has 3 rings (SSSR count). The minimum absolute atomic E-state index is 0.0813. The van der Waals surface area contributed by atoms with E-state index in [4.69, 9.17) is 9.47 Å². The van der Waals surface area contributed by atoms with Gasteiger partial charge in [0.05, 0.1) is 12.9 Å². The molecular weight excluding hydrogens is 515 g/mol. The average Bonchev–Trinajstić information content (AvgIpc) is 3.07. The van der Waals surface area contributed by atoms with Crippen molar-refractivity contribution in [1.82, 2.24) is 14.8 Å².